The van der Waals surface area contributed by atoms with E-state index in [-0.39, 0.29) is 5.88 Å². The Hall–Kier alpha value is -0.970. The molecule has 1 atom stereocenters. The van der Waals surface area contributed by atoms with E-state index in [9.17, 15) is 5.11 Å². The summed E-state index contributed by atoms with van der Waals surface area (Å²) >= 11 is 5.58. The molecule has 1 fully saturated rings. The molecule has 106 valence electrons. The predicted molar refractivity (Wildman–Crippen MR) is 79.4 cm³/mol. The number of halogens is 1. The van der Waals surface area contributed by atoms with Crippen molar-refractivity contribution in [2.45, 2.75) is 13.0 Å². The van der Waals surface area contributed by atoms with E-state index in [1.807, 2.05) is 0 Å². The molecule has 1 saturated heterocycles. The van der Waals surface area contributed by atoms with Crippen LogP contribution in [0.15, 0.2) is 18.2 Å². The summed E-state index contributed by atoms with van der Waals surface area (Å²) < 4.78 is 5.36. The number of hydrogen-bond donors (Lipinski definition) is 2. The summed E-state index contributed by atoms with van der Waals surface area (Å²) in [5.74, 6) is 0.248. The first-order chi connectivity index (χ1) is 9.20. The van der Waals surface area contributed by atoms with Gasteiger partial charge in [0.25, 0.3) is 0 Å². The Morgan fingerprint density at radius 1 is 1.42 bits per heavy atom. The monoisotopic (exact) mass is 284 g/mol. The Morgan fingerprint density at radius 3 is 2.79 bits per heavy atom. The summed E-state index contributed by atoms with van der Waals surface area (Å²) in [7, 11) is 0. The normalized spacial score (nSPS) is 17.3. The highest BCUT2D eigenvalue weighted by Crippen LogP contribution is 2.23. The van der Waals surface area contributed by atoms with Crippen molar-refractivity contribution < 1.29 is 9.84 Å². The van der Waals surface area contributed by atoms with E-state index in [1.54, 1.807) is 0 Å². The van der Waals surface area contributed by atoms with Gasteiger partial charge >= 0.3 is 0 Å². The lowest BCUT2D eigenvalue weighted by Crippen LogP contribution is -2.36. The van der Waals surface area contributed by atoms with Crippen molar-refractivity contribution in [3.8, 4) is 0 Å². The minimum atomic E-state index is -0.514. The zero-order valence-electron chi connectivity index (χ0n) is 11.2. The molecule has 2 rings (SSSR count). The van der Waals surface area contributed by atoms with E-state index in [2.05, 4.69) is 35.3 Å². The van der Waals surface area contributed by atoms with Crippen molar-refractivity contribution in [1.29, 1.82) is 0 Å². The summed E-state index contributed by atoms with van der Waals surface area (Å²) in [6.07, 6.45) is -0.514. The van der Waals surface area contributed by atoms with Crippen molar-refractivity contribution in [2.24, 2.45) is 0 Å². The molecular weight excluding hydrogens is 264 g/mol. The molecule has 1 aromatic rings. The third kappa shape index (κ3) is 4.00. The second kappa shape index (κ2) is 6.98. The lowest BCUT2D eigenvalue weighted by Gasteiger charge is -2.29. The molecule has 0 aromatic heterocycles. The van der Waals surface area contributed by atoms with Crippen LogP contribution in [0.25, 0.3) is 0 Å². The van der Waals surface area contributed by atoms with E-state index in [1.165, 1.54) is 11.3 Å². The van der Waals surface area contributed by atoms with Crippen LogP contribution >= 0.6 is 11.6 Å². The minimum Gasteiger partial charge on any atom is -0.390 e. The molecule has 1 aliphatic heterocycles. The van der Waals surface area contributed by atoms with Crippen molar-refractivity contribution >= 4 is 23.0 Å². The first kappa shape index (κ1) is 14.4. The summed E-state index contributed by atoms with van der Waals surface area (Å²) in [5, 5.41) is 12.7. The van der Waals surface area contributed by atoms with Gasteiger partial charge in [-0.1, -0.05) is 0 Å². The van der Waals surface area contributed by atoms with Crippen LogP contribution in [0.2, 0.25) is 0 Å². The standard InChI is InChI=1S/C14H21ClN2O2/c1-11-8-12(17-4-6-19-7-5-17)2-3-14(11)16-10-13(18)9-15/h2-3,8,13,16,18H,4-7,9-10H2,1H3. The number of aliphatic hydroxyl groups is 1. The number of nitrogens with one attached hydrogen (secondary N) is 1. The predicted octanol–water partition coefficient (Wildman–Crippen LogP) is 1.84. The van der Waals surface area contributed by atoms with Crippen molar-refractivity contribution in [3.05, 3.63) is 23.8 Å². The fraction of sp³-hybridized carbons (Fsp3) is 0.571. The molecule has 4 nitrogen and oxygen atoms in total. The van der Waals surface area contributed by atoms with Crippen LogP contribution in [-0.2, 0) is 4.74 Å². The van der Waals surface area contributed by atoms with E-state index >= 15 is 0 Å². The second-order valence-electron chi connectivity index (χ2n) is 4.79. The van der Waals surface area contributed by atoms with Gasteiger partial charge in [-0.15, -0.1) is 11.6 Å². The lowest BCUT2D eigenvalue weighted by molar-refractivity contribution is 0.122. The smallest absolute Gasteiger partial charge is 0.0847 e. The summed E-state index contributed by atoms with van der Waals surface area (Å²) in [6, 6.07) is 6.33. The fourth-order valence-corrected chi connectivity index (χ4v) is 2.26. The molecule has 0 aliphatic carbocycles. The third-order valence-corrected chi connectivity index (χ3v) is 3.65. The number of aliphatic hydroxyl groups excluding tert-OH is 1. The molecular formula is C14H21ClN2O2. The first-order valence-electron chi connectivity index (χ1n) is 6.62. The molecule has 0 saturated carbocycles. The van der Waals surface area contributed by atoms with Crippen molar-refractivity contribution in [2.75, 3.05) is 48.9 Å². The van der Waals surface area contributed by atoms with Gasteiger partial charge in [-0.3, -0.25) is 0 Å². The molecule has 5 heteroatoms. The van der Waals surface area contributed by atoms with E-state index in [0.717, 1.165) is 32.0 Å². The zero-order valence-corrected chi connectivity index (χ0v) is 12.0. The van der Waals surface area contributed by atoms with E-state index in [4.69, 9.17) is 16.3 Å². The maximum Gasteiger partial charge on any atom is 0.0847 e. The molecule has 0 radical (unpaired) electrons. The second-order valence-corrected chi connectivity index (χ2v) is 5.10. The molecule has 1 aromatic carbocycles. The highest BCUT2D eigenvalue weighted by Gasteiger charge is 2.12. The molecule has 1 heterocycles. The molecule has 2 N–H and O–H groups in total. The highest BCUT2D eigenvalue weighted by molar-refractivity contribution is 6.18. The Morgan fingerprint density at radius 2 is 2.16 bits per heavy atom. The van der Waals surface area contributed by atoms with Crippen LogP contribution in [0.5, 0.6) is 0 Å². The van der Waals surface area contributed by atoms with Gasteiger partial charge < -0.3 is 20.1 Å². The van der Waals surface area contributed by atoms with Crippen LogP contribution in [-0.4, -0.2) is 49.9 Å². The summed E-state index contributed by atoms with van der Waals surface area (Å²) in [4.78, 5) is 2.33. The van der Waals surface area contributed by atoms with Gasteiger partial charge in [-0.25, -0.2) is 0 Å². The van der Waals surface area contributed by atoms with Gasteiger partial charge in [0.1, 0.15) is 0 Å². The van der Waals surface area contributed by atoms with Crippen molar-refractivity contribution in [1.82, 2.24) is 0 Å². The van der Waals surface area contributed by atoms with Gasteiger partial charge in [-0.2, -0.15) is 0 Å². The third-order valence-electron chi connectivity index (χ3n) is 3.29. The molecule has 19 heavy (non-hydrogen) atoms. The number of benzene rings is 1. The average Bonchev–Trinajstić information content (AvgIpc) is 2.46. The number of morpholine rings is 1. The van der Waals surface area contributed by atoms with Crippen LogP contribution in [0.4, 0.5) is 11.4 Å². The van der Waals surface area contributed by atoms with Gasteiger partial charge in [0.15, 0.2) is 0 Å². The summed E-state index contributed by atoms with van der Waals surface area (Å²) in [6.45, 7) is 6.01. The van der Waals surface area contributed by atoms with E-state index in [0.29, 0.717) is 6.54 Å². The van der Waals surface area contributed by atoms with Crippen LogP contribution in [0.3, 0.4) is 0 Å². The number of rotatable bonds is 5. The summed E-state index contributed by atoms with van der Waals surface area (Å²) in [5.41, 5.74) is 3.44. The quantitative estimate of drug-likeness (QED) is 0.810. The molecule has 0 spiro atoms. The Kier molecular flexibility index (Phi) is 5.31. The number of ether oxygens (including phenoxy) is 1. The van der Waals surface area contributed by atoms with Gasteiger partial charge in [0.2, 0.25) is 0 Å². The Labute approximate surface area is 119 Å². The number of aryl methyl sites for hydroxylation is 1. The minimum absolute atomic E-state index is 0.248. The van der Waals surface area contributed by atoms with Gasteiger partial charge in [-0.05, 0) is 30.7 Å². The van der Waals surface area contributed by atoms with Crippen LogP contribution in [0.1, 0.15) is 5.56 Å². The van der Waals surface area contributed by atoms with E-state index < -0.39 is 6.10 Å². The molecule has 1 aliphatic rings. The molecule has 0 bridgehead atoms. The van der Waals surface area contributed by atoms with Crippen LogP contribution < -0.4 is 10.2 Å². The Bertz CT molecular complexity index is 408. The topological polar surface area (TPSA) is 44.7 Å². The fourth-order valence-electron chi connectivity index (χ4n) is 2.15. The number of alkyl halides is 1. The highest BCUT2D eigenvalue weighted by atomic mass is 35.5. The van der Waals surface area contributed by atoms with Gasteiger partial charge in [0, 0.05) is 31.0 Å². The maximum atomic E-state index is 9.45. The molecule has 0 amide bonds. The zero-order chi connectivity index (χ0) is 13.7. The number of hydrogen-bond acceptors (Lipinski definition) is 4. The SMILES string of the molecule is Cc1cc(N2CCOCC2)ccc1NCC(O)CCl. The largest absolute Gasteiger partial charge is 0.390 e. The Balaban J connectivity index is 1.99. The lowest BCUT2D eigenvalue weighted by atomic mass is 10.1. The van der Waals surface area contributed by atoms with Gasteiger partial charge in [0.05, 0.1) is 25.2 Å². The number of nitrogens with zero attached hydrogens (tertiary/aromatic N) is 1. The van der Waals surface area contributed by atoms with Crippen molar-refractivity contribution in [3.63, 3.8) is 0 Å². The maximum absolute atomic E-state index is 9.45. The number of anilines is 2. The average molecular weight is 285 g/mol. The van der Waals surface area contributed by atoms with Crippen LogP contribution in [0, 0.1) is 6.92 Å². The molecule has 1 unspecified atom stereocenters. The first-order valence-corrected chi connectivity index (χ1v) is 7.15.